The highest BCUT2D eigenvalue weighted by Crippen LogP contribution is 2.14. The zero-order valence-electron chi connectivity index (χ0n) is 9.95. The Morgan fingerprint density at radius 3 is 2.28 bits per heavy atom. The van der Waals surface area contributed by atoms with E-state index in [4.69, 9.17) is 0 Å². The van der Waals surface area contributed by atoms with Gasteiger partial charge in [-0.15, -0.1) is 0 Å². The van der Waals surface area contributed by atoms with Gasteiger partial charge in [-0.25, -0.2) is 0 Å². The molecular formula is C16H14NS+. The highest BCUT2D eigenvalue weighted by Gasteiger charge is 2.09. The molecule has 2 heteroatoms. The maximum atomic E-state index is 4.57. The fraction of sp³-hybridized carbons (Fsp3) is 0.0625. The number of hydrogen-bond acceptors (Lipinski definition) is 1. The van der Waals surface area contributed by atoms with Gasteiger partial charge >= 0.3 is 0 Å². The number of nitrogens with zero attached hydrogens (tertiary/aromatic N) is 1. The molecule has 0 atom stereocenters. The van der Waals surface area contributed by atoms with E-state index in [1.54, 1.807) is 0 Å². The summed E-state index contributed by atoms with van der Waals surface area (Å²) in [6.07, 6.45) is 2.16. The van der Waals surface area contributed by atoms with Gasteiger partial charge in [0.05, 0.1) is 0 Å². The summed E-state index contributed by atoms with van der Waals surface area (Å²) in [5.41, 5.74) is 1.29. The van der Waals surface area contributed by atoms with Crippen LogP contribution in [-0.2, 0) is 6.54 Å². The molecule has 0 saturated heterocycles. The van der Waals surface area contributed by atoms with Crippen LogP contribution in [0.2, 0.25) is 0 Å². The van der Waals surface area contributed by atoms with Gasteiger partial charge in [-0.3, -0.25) is 0 Å². The molecule has 0 aliphatic rings. The minimum absolute atomic E-state index is 0.852. The molecule has 3 aromatic rings. The first kappa shape index (κ1) is 11.3. The number of thiol groups is 1. The molecule has 0 radical (unpaired) electrons. The maximum absolute atomic E-state index is 4.57. The summed E-state index contributed by atoms with van der Waals surface area (Å²) in [5, 5.41) is 3.45. The number of pyridine rings is 1. The summed E-state index contributed by atoms with van der Waals surface area (Å²) in [7, 11) is 0. The van der Waals surface area contributed by atoms with Crippen LogP contribution in [0.3, 0.4) is 0 Å². The Morgan fingerprint density at radius 2 is 1.50 bits per heavy atom. The monoisotopic (exact) mass is 252 g/mol. The van der Waals surface area contributed by atoms with Crippen molar-refractivity contribution in [3.05, 3.63) is 72.4 Å². The van der Waals surface area contributed by atoms with E-state index in [2.05, 4.69) is 78.0 Å². The summed E-state index contributed by atoms with van der Waals surface area (Å²) in [6.45, 7) is 0.852. The second kappa shape index (κ2) is 4.83. The van der Waals surface area contributed by atoms with Gasteiger partial charge in [0.15, 0.2) is 12.7 Å². The molecular weight excluding hydrogens is 238 g/mol. The third-order valence-electron chi connectivity index (χ3n) is 3.07. The van der Waals surface area contributed by atoms with Crippen LogP contribution in [0, 0.1) is 0 Å². The lowest BCUT2D eigenvalue weighted by molar-refractivity contribution is -0.723. The second-order valence-electron chi connectivity index (χ2n) is 4.37. The van der Waals surface area contributed by atoms with Crippen molar-refractivity contribution in [2.75, 3.05) is 0 Å². The average Bonchev–Trinajstić information content (AvgIpc) is 2.41. The summed E-state index contributed by atoms with van der Waals surface area (Å²) in [5.74, 6) is 0. The van der Waals surface area contributed by atoms with Crippen molar-refractivity contribution in [3.8, 4) is 0 Å². The van der Waals surface area contributed by atoms with E-state index in [9.17, 15) is 0 Å². The largest absolute Gasteiger partial charge is 0.237 e. The first-order valence-corrected chi connectivity index (χ1v) is 6.43. The Balaban J connectivity index is 2.04. The van der Waals surface area contributed by atoms with Crippen LogP contribution in [0.15, 0.2) is 71.9 Å². The Labute approximate surface area is 112 Å². The lowest BCUT2D eigenvalue weighted by Crippen LogP contribution is -2.35. The lowest BCUT2D eigenvalue weighted by atomic mass is 10.1. The minimum Gasteiger partial charge on any atom is -0.188 e. The summed E-state index contributed by atoms with van der Waals surface area (Å²) < 4.78 is 2.17. The summed E-state index contributed by atoms with van der Waals surface area (Å²) in [6, 6.07) is 20.9. The molecule has 2 aromatic carbocycles. The van der Waals surface area contributed by atoms with Gasteiger partial charge in [0.25, 0.3) is 0 Å². The molecule has 1 nitrogen and oxygen atoms in total. The van der Waals surface area contributed by atoms with Gasteiger partial charge in [0.2, 0.25) is 5.03 Å². The van der Waals surface area contributed by atoms with E-state index in [1.165, 1.54) is 16.3 Å². The normalized spacial score (nSPS) is 10.7. The molecule has 0 unspecified atom stereocenters. The lowest BCUT2D eigenvalue weighted by Gasteiger charge is -2.02. The van der Waals surface area contributed by atoms with E-state index >= 15 is 0 Å². The van der Waals surface area contributed by atoms with Crippen molar-refractivity contribution in [2.45, 2.75) is 11.6 Å². The van der Waals surface area contributed by atoms with Crippen molar-refractivity contribution < 1.29 is 4.57 Å². The molecule has 0 aliphatic heterocycles. The predicted octanol–water partition coefficient (Wildman–Crippen LogP) is 3.46. The van der Waals surface area contributed by atoms with Gasteiger partial charge in [0, 0.05) is 17.0 Å². The smallest absolute Gasteiger partial charge is 0.188 e. The third-order valence-corrected chi connectivity index (χ3v) is 3.45. The van der Waals surface area contributed by atoms with Crippen molar-refractivity contribution in [3.63, 3.8) is 0 Å². The van der Waals surface area contributed by atoms with Crippen molar-refractivity contribution >= 4 is 23.4 Å². The van der Waals surface area contributed by atoms with E-state index in [0.29, 0.717) is 0 Å². The molecule has 18 heavy (non-hydrogen) atoms. The fourth-order valence-corrected chi connectivity index (χ4v) is 2.39. The third kappa shape index (κ3) is 2.24. The highest BCUT2D eigenvalue weighted by atomic mass is 32.1. The molecule has 0 fully saturated rings. The molecule has 1 aromatic heterocycles. The van der Waals surface area contributed by atoms with Gasteiger partial charge in [0.1, 0.15) is 0 Å². The molecule has 1 heterocycles. The Bertz CT molecular complexity index is 677. The first-order chi connectivity index (χ1) is 8.83. The molecule has 88 valence electrons. The SMILES string of the molecule is Sc1cc2ccccc2c[n+]1Cc1ccccc1. The highest BCUT2D eigenvalue weighted by molar-refractivity contribution is 7.80. The Kier molecular flexibility index (Phi) is 3.03. The van der Waals surface area contributed by atoms with Gasteiger partial charge < -0.3 is 0 Å². The van der Waals surface area contributed by atoms with E-state index in [1.807, 2.05) is 6.07 Å². The molecule has 0 amide bonds. The summed E-state index contributed by atoms with van der Waals surface area (Å²) in [4.78, 5) is 0. The van der Waals surface area contributed by atoms with Crippen LogP contribution in [0.5, 0.6) is 0 Å². The predicted molar refractivity (Wildman–Crippen MR) is 76.9 cm³/mol. The van der Waals surface area contributed by atoms with Crippen LogP contribution < -0.4 is 4.57 Å². The molecule has 0 N–H and O–H groups in total. The first-order valence-electron chi connectivity index (χ1n) is 5.98. The number of benzene rings is 2. The van der Waals surface area contributed by atoms with E-state index < -0.39 is 0 Å². The maximum Gasteiger partial charge on any atom is 0.237 e. The number of aromatic nitrogens is 1. The second-order valence-corrected chi connectivity index (χ2v) is 4.83. The molecule has 0 bridgehead atoms. The zero-order valence-corrected chi connectivity index (χ0v) is 10.8. The number of fused-ring (bicyclic) bond motifs is 1. The summed E-state index contributed by atoms with van der Waals surface area (Å²) >= 11 is 4.57. The molecule has 0 spiro atoms. The fourth-order valence-electron chi connectivity index (χ4n) is 2.12. The van der Waals surface area contributed by atoms with E-state index in [0.717, 1.165) is 11.6 Å². The Morgan fingerprint density at radius 1 is 0.833 bits per heavy atom. The van der Waals surface area contributed by atoms with Crippen LogP contribution in [0.25, 0.3) is 10.8 Å². The van der Waals surface area contributed by atoms with Crippen LogP contribution >= 0.6 is 12.6 Å². The van der Waals surface area contributed by atoms with Gasteiger partial charge in [-0.2, -0.15) is 4.57 Å². The van der Waals surface area contributed by atoms with Gasteiger partial charge in [-0.1, -0.05) is 61.2 Å². The van der Waals surface area contributed by atoms with Crippen molar-refractivity contribution in [2.24, 2.45) is 0 Å². The zero-order chi connectivity index (χ0) is 12.4. The van der Waals surface area contributed by atoms with Crippen molar-refractivity contribution in [1.29, 1.82) is 0 Å². The molecule has 0 saturated carbocycles. The van der Waals surface area contributed by atoms with Crippen LogP contribution in [-0.4, -0.2) is 0 Å². The van der Waals surface area contributed by atoms with Crippen LogP contribution in [0.1, 0.15) is 5.56 Å². The number of rotatable bonds is 2. The van der Waals surface area contributed by atoms with Crippen LogP contribution in [0.4, 0.5) is 0 Å². The topological polar surface area (TPSA) is 3.88 Å². The number of hydrogen-bond donors (Lipinski definition) is 1. The molecule has 0 aliphatic carbocycles. The average molecular weight is 252 g/mol. The van der Waals surface area contributed by atoms with Gasteiger partial charge in [-0.05, 0) is 11.5 Å². The van der Waals surface area contributed by atoms with Crippen molar-refractivity contribution in [1.82, 2.24) is 0 Å². The molecule has 3 rings (SSSR count). The quantitative estimate of drug-likeness (QED) is 0.526. The minimum atomic E-state index is 0.852. The van der Waals surface area contributed by atoms with E-state index in [-0.39, 0.29) is 0 Å². The standard InChI is InChI=1S/C16H13NS/c18-16-10-14-8-4-5-9-15(14)12-17(16)11-13-6-2-1-3-7-13/h1-10,12H,11H2/p+1. The Hall–Kier alpha value is -1.80.